The second-order valence-electron chi connectivity index (χ2n) is 6.59. The molecule has 3 rings (SSSR count). The molecule has 2 atom stereocenters. The summed E-state index contributed by atoms with van der Waals surface area (Å²) in [6, 6.07) is 2.59. The van der Waals surface area contributed by atoms with Crippen molar-refractivity contribution < 1.29 is 4.79 Å². The predicted molar refractivity (Wildman–Crippen MR) is 83.4 cm³/mol. The van der Waals surface area contributed by atoms with E-state index >= 15 is 0 Å². The van der Waals surface area contributed by atoms with E-state index in [1.54, 1.807) is 11.3 Å². The Balaban J connectivity index is 1.76. The first-order valence-electron chi connectivity index (χ1n) is 7.50. The van der Waals surface area contributed by atoms with Crippen LogP contribution in [-0.2, 0) is 0 Å². The summed E-state index contributed by atoms with van der Waals surface area (Å²) in [5.74, 6) is 1.77. The van der Waals surface area contributed by atoms with Crippen molar-refractivity contribution in [1.82, 2.24) is 9.80 Å². The van der Waals surface area contributed by atoms with Crippen molar-refractivity contribution in [2.24, 2.45) is 11.8 Å². The van der Waals surface area contributed by atoms with Gasteiger partial charge in [0.05, 0.1) is 4.88 Å². The van der Waals surface area contributed by atoms with E-state index in [0.717, 1.165) is 23.9 Å². The maximum atomic E-state index is 12.7. The van der Waals surface area contributed by atoms with Crippen molar-refractivity contribution in [3.05, 3.63) is 21.4 Å². The molecule has 2 heterocycles. The molecular weight excluding hydrogens is 268 g/mol. The summed E-state index contributed by atoms with van der Waals surface area (Å²) in [5, 5.41) is 0. The average molecular weight is 292 g/mol. The molecule has 1 saturated carbocycles. The fourth-order valence-corrected chi connectivity index (χ4v) is 4.35. The summed E-state index contributed by atoms with van der Waals surface area (Å²) in [6.07, 6.45) is 2.71. The Hall–Kier alpha value is -0.870. The van der Waals surface area contributed by atoms with Gasteiger partial charge in [0.25, 0.3) is 5.91 Å². The molecule has 1 amide bonds. The van der Waals surface area contributed by atoms with Gasteiger partial charge in [0.15, 0.2) is 0 Å². The zero-order valence-corrected chi connectivity index (χ0v) is 13.7. The lowest BCUT2D eigenvalue weighted by Crippen LogP contribution is -2.36. The van der Waals surface area contributed by atoms with Crippen LogP contribution in [0.1, 0.15) is 33.0 Å². The number of carbonyl (C=O) groups is 1. The van der Waals surface area contributed by atoms with Gasteiger partial charge in [-0.05, 0) is 64.3 Å². The number of aryl methyl sites for hydroxylation is 2. The van der Waals surface area contributed by atoms with E-state index in [9.17, 15) is 4.79 Å². The van der Waals surface area contributed by atoms with Gasteiger partial charge < -0.3 is 9.80 Å². The number of likely N-dealkylation sites (tertiary alicyclic amines) is 1. The molecule has 1 aromatic rings. The number of carbonyl (C=O) groups excluding carboxylic acids is 1. The van der Waals surface area contributed by atoms with Gasteiger partial charge in [0.1, 0.15) is 0 Å². The molecule has 1 aliphatic carbocycles. The van der Waals surface area contributed by atoms with Crippen LogP contribution in [0.3, 0.4) is 0 Å². The van der Waals surface area contributed by atoms with Crippen molar-refractivity contribution >= 4 is 17.2 Å². The summed E-state index contributed by atoms with van der Waals surface area (Å²) in [5.41, 5.74) is 1.24. The lowest BCUT2D eigenvalue weighted by Gasteiger charge is -2.24. The fourth-order valence-electron chi connectivity index (χ4n) is 3.35. The predicted octanol–water partition coefficient (Wildman–Crippen LogP) is 2.78. The van der Waals surface area contributed by atoms with E-state index in [2.05, 4.69) is 43.8 Å². The molecule has 0 radical (unpaired) electrons. The molecular formula is C16H24N2OS. The largest absolute Gasteiger partial charge is 0.336 e. The van der Waals surface area contributed by atoms with Crippen molar-refractivity contribution in [2.75, 3.05) is 27.2 Å². The number of hydrogen-bond acceptors (Lipinski definition) is 3. The van der Waals surface area contributed by atoms with Crippen LogP contribution in [0.15, 0.2) is 6.07 Å². The van der Waals surface area contributed by atoms with Gasteiger partial charge in [-0.3, -0.25) is 4.79 Å². The standard InChI is InChI=1S/C16H24N2OS/c1-10-7-15(20-11(10)2)16(19)18-8-13(12-5-6-12)14(9-18)17(3)4/h7,12-14H,5-6,8-9H2,1-4H3/t13-,14+/m0/s1. The highest BCUT2D eigenvalue weighted by atomic mass is 32.1. The van der Waals surface area contributed by atoms with Crippen molar-refractivity contribution in [1.29, 1.82) is 0 Å². The summed E-state index contributed by atoms with van der Waals surface area (Å²) in [4.78, 5) is 19.2. The van der Waals surface area contributed by atoms with E-state index in [1.165, 1.54) is 23.3 Å². The molecule has 110 valence electrons. The monoisotopic (exact) mass is 292 g/mol. The molecule has 1 aliphatic heterocycles. The first kappa shape index (κ1) is 14.1. The molecule has 20 heavy (non-hydrogen) atoms. The first-order valence-corrected chi connectivity index (χ1v) is 8.31. The Labute approximate surface area is 125 Å². The van der Waals surface area contributed by atoms with Crippen LogP contribution in [0.2, 0.25) is 0 Å². The normalized spacial score (nSPS) is 26.6. The number of nitrogens with zero attached hydrogens (tertiary/aromatic N) is 2. The van der Waals surface area contributed by atoms with Crippen molar-refractivity contribution in [3.8, 4) is 0 Å². The minimum Gasteiger partial charge on any atom is -0.336 e. The van der Waals surface area contributed by atoms with Gasteiger partial charge in [-0.1, -0.05) is 0 Å². The summed E-state index contributed by atoms with van der Waals surface area (Å²) >= 11 is 1.64. The van der Waals surface area contributed by atoms with Crippen LogP contribution in [0.5, 0.6) is 0 Å². The van der Waals surface area contributed by atoms with E-state index in [1.807, 2.05) is 0 Å². The Bertz CT molecular complexity index is 489. The number of hydrogen-bond donors (Lipinski definition) is 0. The van der Waals surface area contributed by atoms with Gasteiger partial charge >= 0.3 is 0 Å². The van der Waals surface area contributed by atoms with Gasteiger partial charge in [-0.25, -0.2) is 0 Å². The molecule has 2 aliphatic rings. The van der Waals surface area contributed by atoms with Crippen LogP contribution in [-0.4, -0.2) is 48.9 Å². The van der Waals surface area contributed by atoms with Crippen molar-refractivity contribution in [3.63, 3.8) is 0 Å². The molecule has 0 aromatic carbocycles. The van der Waals surface area contributed by atoms with Gasteiger partial charge in [0, 0.05) is 24.0 Å². The Morgan fingerprint density at radius 1 is 1.30 bits per heavy atom. The zero-order valence-electron chi connectivity index (χ0n) is 12.8. The highest BCUT2D eigenvalue weighted by molar-refractivity contribution is 7.14. The Kier molecular flexibility index (Phi) is 3.63. The number of rotatable bonds is 3. The van der Waals surface area contributed by atoms with Crippen LogP contribution < -0.4 is 0 Å². The quantitative estimate of drug-likeness (QED) is 0.855. The first-order chi connectivity index (χ1) is 9.47. The van der Waals surface area contributed by atoms with Gasteiger partial charge in [-0.2, -0.15) is 0 Å². The van der Waals surface area contributed by atoms with Crippen LogP contribution in [0.4, 0.5) is 0 Å². The Morgan fingerprint density at radius 2 is 2.00 bits per heavy atom. The van der Waals surface area contributed by atoms with E-state index < -0.39 is 0 Å². The lowest BCUT2D eigenvalue weighted by molar-refractivity contribution is 0.0785. The molecule has 0 N–H and O–H groups in total. The number of amides is 1. The molecule has 3 nitrogen and oxygen atoms in total. The van der Waals surface area contributed by atoms with E-state index in [-0.39, 0.29) is 5.91 Å². The highest BCUT2D eigenvalue weighted by Crippen LogP contribution is 2.43. The fraction of sp³-hybridized carbons (Fsp3) is 0.688. The molecule has 0 bridgehead atoms. The smallest absolute Gasteiger partial charge is 0.264 e. The van der Waals surface area contributed by atoms with Gasteiger partial charge in [0.2, 0.25) is 0 Å². The maximum Gasteiger partial charge on any atom is 0.264 e. The lowest BCUT2D eigenvalue weighted by atomic mass is 9.97. The third kappa shape index (κ3) is 2.51. The van der Waals surface area contributed by atoms with Gasteiger partial charge in [-0.15, -0.1) is 11.3 Å². The minimum absolute atomic E-state index is 0.237. The maximum absolute atomic E-state index is 12.7. The second kappa shape index (κ2) is 5.15. The summed E-state index contributed by atoms with van der Waals surface area (Å²) in [7, 11) is 4.29. The second-order valence-corrected chi connectivity index (χ2v) is 7.85. The van der Waals surface area contributed by atoms with Crippen LogP contribution in [0.25, 0.3) is 0 Å². The molecule has 0 unspecified atom stereocenters. The average Bonchev–Trinajstić information content (AvgIpc) is 3.05. The number of likely N-dealkylation sites (N-methyl/N-ethyl adjacent to an activating group) is 1. The molecule has 0 spiro atoms. The topological polar surface area (TPSA) is 23.6 Å². The molecule has 4 heteroatoms. The van der Waals surface area contributed by atoms with E-state index in [0.29, 0.717) is 12.0 Å². The zero-order chi connectivity index (χ0) is 14.4. The van der Waals surface area contributed by atoms with Crippen molar-refractivity contribution in [2.45, 2.75) is 32.7 Å². The third-order valence-electron chi connectivity index (χ3n) is 4.89. The van der Waals surface area contributed by atoms with Crippen LogP contribution in [0, 0.1) is 25.7 Å². The minimum atomic E-state index is 0.237. The summed E-state index contributed by atoms with van der Waals surface area (Å²) < 4.78 is 0. The molecule has 1 aromatic heterocycles. The highest BCUT2D eigenvalue weighted by Gasteiger charge is 2.44. The third-order valence-corrected chi connectivity index (χ3v) is 6.03. The van der Waals surface area contributed by atoms with E-state index in [4.69, 9.17) is 0 Å². The Morgan fingerprint density at radius 3 is 2.50 bits per heavy atom. The van der Waals surface area contributed by atoms with Crippen LogP contribution >= 0.6 is 11.3 Å². The molecule has 1 saturated heterocycles. The number of thiophene rings is 1. The summed E-state index contributed by atoms with van der Waals surface area (Å²) in [6.45, 7) is 6.02. The SMILES string of the molecule is Cc1cc(C(=O)N2C[C@@H](N(C)C)[C@H](C3CC3)C2)sc1C. The molecule has 2 fully saturated rings.